The largest absolute Gasteiger partial charge is 0.378 e. The van der Waals surface area contributed by atoms with Gasteiger partial charge in [-0.25, -0.2) is 8.42 Å². The molecule has 2 aliphatic rings. The first kappa shape index (κ1) is 13.7. The lowest BCUT2D eigenvalue weighted by molar-refractivity contribution is 0.518. The molecular weight excluding hydrogens is 270 g/mol. The van der Waals surface area contributed by atoms with Gasteiger partial charge in [-0.15, -0.1) is 0 Å². The number of hydrogen-bond acceptors (Lipinski definition) is 3. The Bertz CT molecular complexity index is 646. The van der Waals surface area contributed by atoms with Crippen LogP contribution in [0.3, 0.4) is 0 Å². The van der Waals surface area contributed by atoms with E-state index in [9.17, 15) is 8.42 Å². The van der Waals surface area contributed by atoms with Crippen molar-refractivity contribution in [3.05, 3.63) is 35.9 Å². The molecule has 3 rings (SSSR count). The maximum absolute atomic E-state index is 12.3. The number of fused-ring (bicyclic) bond motifs is 2. The minimum Gasteiger partial charge on any atom is -0.378 e. The van der Waals surface area contributed by atoms with Gasteiger partial charge in [0, 0.05) is 19.8 Å². The standard InChI is InChI=1S/C16H21NO2S/c1-17(2)14-6-3-5-12(9-14)13-10-15-7-4-8-16(11-13)20(15,18)19/h3,5-6,9-10,15-16H,4,7-8,11H2,1-2H3. The van der Waals surface area contributed by atoms with Crippen LogP contribution in [0.2, 0.25) is 0 Å². The van der Waals surface area contributed by atoms with Crippen LogP contribution in [-0.2, 0) is 9.84 Å². The average Bonchev–Trinajstić information content (AvgIpc) is 2.37. The first-order valence-corrected chi connectivity index (χ1v) is 8.80. The Labute approximate surface area is 121 Å². The molecule has 0 aromatic heterocycles. The fourth-order valence-corrected chi connectivity index (χ4v) is 5.51. The predicted molar refractivity (Wildman–Crippen MR) is 83.7 cm³/mol. The Balaban J connectivity index is 2.00. The summed E-state index contributed by atoms with van der Waals surface area (Å²) >= 11 is 0. The second kappa shape index (κ2) is 4.92. The SMILES string of the molecule is CN(C)c1cccc(C2=CC3CCCC(C2)S3(=O)=O)c1. The zero-order valence-corrected chi connectivity index (χ0v) is 12.9. The van der Waals surface area contributed by atoms with Crippen molar-refractivity contribution in [3.8, 4) is 0 Å². The number of hydrogen-bond donors (Lipinski definition) is 0. The van der Waals surface area contributed by atoms with E-state index in [0.29, 0.717) is 6.42 Å². The minimum absolute atomic E-state index is 0.163. The monoisotopic (exact) mass is 291 g/mol. The quantitative estimate of drug-likeness (QED) is 0.841. The van der Waals surface area contributed by atoms with Gasteiger partial charge >= 0.3 is 0 Å². The van der Waals surface area contributed by atoms with Gasteiger partial charge in [0.2, 0.25) is 0 Å². The molecule has 4 heteroatoms. The van der Waals surface area contributed by atoms with Crippen molar-refractivity contribution in [2.24, 2.45) is 0 Å². The van der Waals surface area contributed by atoms with Crippen LogP contribution in [0.25, 0.3) is 5.57 Å². The van der Waals surface area contributed by atoms with Crippen LogP contribution in [0.4, 0.5) is 5.69 Å². The van der Waals surface area contributed by atoms with Crippen molar-refractivity contribution in [2.45, 2.75) is 36.2 Å². The van der Waals surface area contributed by atoms with Crippen molar-refractivity contribution < 1.29 is 8.42 Å². The van der Waals surface area contributed by atoms with Crippen LogP contribution in [0.5, 0.6) is 0 Å². The van der Waals surface area contributed by atoms with Crippen molar-refractivity contribution in [2.75, 3.05) is 19.0 Å². The van der Waals surface area contributed by atoms with Crippen LogP contribution in [0.1, 0.15) is 31.2 Å². The second-order valence-electron chi connectivity index (χ2n) is 6.02. The van der Waals surface area contributed by atoms with E-state index in [1.54, 1.807) is 0 Å². The van der Waals surface area contributed by atoms with Crippen LogP contribution in [-0.4, -0.2) is 33.0 Å². The molecule has 0 spiro atoms. The molecule has 0 amide bonds. The zero-order valence-electron chi connectivity index (χ0n) is 12.0. The third kappa shape index (κ3) is 2.26. The van der Waals surface area contributed by atoms with Crippen molar-refractivity contribution in [3.63, 3.8) is 0 Å². The van der Waals surface area contributed by atoms with Crippen molar-refractivity contribution >= 4 is 21.1 Å². The fourth-order valence-electron chi connectivity index (χ4n) is 3.25. The molecule has 2 atom stereocenters. The Hall–Kier alpha value is -1.29. The smallest absolute Gasteiger partial charge is 0.159 e. The number of nitrogens with zero attached hydrogens (tertiary/aromatic N) is 1. The Morgan fingerprint density at radius 2 is 2.00 bits per heavy atom. The lowest BCUT2D eigenvalue weighted by Gasteiger charge is -2.33. The molecule has 1 aromatic rings. The van der Waals surface area contributed by atoms with Crippen molar-refractivity contribution in [1.82, 2.24) is 0 Å². The van der Waals surface area contributed by atoms with E-state index in [-0.39, 0.29) is 10.5 Å². The highest BCUT2D eigenvalue weighted by atomic mass is 32.2. The van der Waals surface area contributed by atoms with Gasteiger partial charge in [-0.3, -0.25) is 0 Å². The van der Waals surface area contributed by atoms with Crippen LogP contribution >= 0.6 is 0 Å². The van der Waals surface area contributed by atoms with Crippen LogP contribution < -0.4 is 4.90 Å². The number of benzene rings is 1. The molecule has 1 fully saturated rings. The van der Waals surface area contributed by atoms with E-state index >= 15 is 0 Å². The molecule has 2 aliphatic heterocycles. The molecule has 1 saturated heterocycles. The highest BCUT2D eigenvalue weighted by molar-refractivity contribution is 7.93. The molecule has 2 unspecified atom stereocenters. The van der Waals surface area contributed by atoms with Crippen LogP contribution in [0.15, 0.2) is 30.3 Å². The number of anilines is 1. The molecule has 0 aliphatic carbocycles. The Morgan fingerprint density at radius 3 is 2.70 bits per heavy atom. The number of allylic oxidation sites excluding steroid dienone is 1. The van der Waals surface area contributed by atoms with E-state index < -0.39 is 9.84 Å². The maximum atomic E-state index is 12.3. The van der Waals surface area contributed by atoms with Gasteiger partial charge in [0.05, 0.1) is 10.5 Å². The van der Waals surface area contributed by atoms with E-state index in [2.05, 4.69) is 23.1 Å². The fraction of sp³-hybridized carbons (Fsp3) is 0.500. The first-order chi connectivity index (χ1) is 9.48. The van der Waals surface area contributed by atoms with Gasteiger partial charge < -0.3 is 4.90 Å². The zero-order chi connectivity index (χ0) is 14.3. The first-order valence-electron chi connectivity index (χ1n) is 7.19. The molecular formula is C16H21NO2S. The lowest BCUT2D eigenvalue weighted by Crippen LogP contribution is -2.38. The molecule has 20 heavy (non-hydrogen) atoms. The van der Waals surface area contributed by atoms with Gasteiger partial charge in [0.15, 0.2) is 9.84 Å². The summed E-state index contributed by atoms with van der Waals surface area (Å²) in [6, 6.07) is 8.36. The summed E-state index contributed by atoms with van der Waals surface area (Å²) in [5.41, 5.74) is 3.53. The summed E-state index contributed by atoms with van der Waals surface area (Å²) < 4.78 is 24.6. The molecule has 1 aromatic carbocycles. The van der Waals surface area contributed by atoms with E-state index in [1.165, 1.54) is 11.1 Å². The van der Waals surface area contributed by atoms with Gasteiger partial charge in [0.1, 0.15) is 0 Å². The highest BCUT2D eigenvalue weighted by Crippen LogP contribution is 2.39. The molecule has 0 radical (unpaired) electrons. The minimum atomic E-state index is -2.92. The normalized spacial score (nSPS) is 27.8. The molecule has 0 N–H and O–H groups in total. The highest BCUT2D eigenvalue weighted by Gasteiger charge is 2.40. The summed E-state index contributed by atoms with van der Waals surface area (Å²) in [6.07, 6.45) is 5.32. The Morgan fingerprint density at radius 1 is 1.20 bits per heavy atom. The maximum Gasteiger partial charge on any atom is 0.159 e. The van der Waals surface area contributed by atoms with E-state index in [0.717, 1.165) is 24.9 Å². The number of sulfone groups is 1. The Kier molecular flexibility index (Phi) is 3.36. The summed E-state index contributed by atoms with van der Waals surface area (Å²) in [4.78, 5) is 2.07. The van der Waals surface area contributed by atoms with Gasteiger partial charge in [-0.1, -0.05) is 24.6 Å². The average molecular weight is 291 g/mol. The lowest BCUT2D eigenvalue weighted by atomic mass is 9.93. The van der Waals surface area contributed by atoms with E-state index in [1.807, 2.05) is 26.2 Å². The summed E-state index contributed by atoms with van der Waals surface area (Å²) in [5, 5.41) is -0.419. The topological polar surface area (TPSA) is 37.4 Å². The van der Waals surface area contributed by atoms with E-state index in [4.69, 9.17) is 0 Å². The van der Waals surface area contributed by atoms with Gasteiger partial charge in [-0.2, -0.15) is 0 Å². The van der Waals surface area contributed by atoms with Crippen LogP contribution in [0, 0.1) is 0 Å². The number of rotatable bonds is 2. The second-order valence-corrected chi connectivity index (χ2v) is 8.47. The molecule has 0 saturated carbocycles. The molecule has 108 valence electrons. The van der Waals surface area contributed by atoms with Gasteiger partial charge in [-0.05, 0) is 42.5 Å². The van der Waals surface area contributed by atoms with Gasteiger partial charge in [0.25, 0.3) is 0 Å². The van der Waals surface area contributed by atoms with Crippen molar-refractivity contribution in [1.29, 1.82) is 0 Å². The predicted octanol–water partition coefficient (Wildman–Crippen LogP) is 2.88. The third-order valence-corrected chi connectivity index (χ3v) is 7.02. The summed E-state index contributed by atoms with van der Waals surface area (Å²) in [5.74, 6) is 0. The molecule has 2 bridgehead atoms. The molecule has 2 heterocycles. The summed E-state index contributed by atoms with van der Waals surface area (Å²) in [6.45, 7) is 0. The molecule has 3 nitrogen and oxygen atoms in total. The third-order valence-electron chi connectivity index (χ3n) is 4.47. The summed E-state index contributed by atoms with van der Waals surface area (Å²) in [7, 11) is 1.12.